The van der Waals surface area contributed by atoms with Crippen LogP contribution >= 0.6 is 15.9 Å². The van der Waals surface area contributed by atoms with Crippen LogP contribution in [-0.2, 0) is 0 Å². The monoisotopic (exact) mass is 286 g/mol. The second-order valence-electron chi connectivity index (χ2n) is 4.37. The summed E-state index contributed by atoms with van der Waals surface area (Å²) < 4.78 is 0.694. The van der Waals surface area contributed by atoms with E-state index in [1.165, 1.54) is 6.20 Å². The third-order valence-electron chi connectivity index (χ3n) is 2.15. The van der Waals surface area contributed by atoms with Gasteiger partial charge in [-0.2, -0.15) is 0 Å². The Morgan fingerprint density at radius 1 is 1.56 bits per heavy atom. The predicted octanol–water partition coefficient (Wildman–Crippen LogP) is 1.59. The summed E-state index contributed by atoms with van der Waals surface area (Å²) in [6, 6.07) is 3.41. The lowest BCUT2D eigenvalue weighted by atomic mass is 9.95. The van der Waals surface area contributed by atoms with Gasteiger partial charge in [0.1, 0.15) is 4.60 Å². The minimum absolute atomic E-state index is 0.0336. The van der Waals surface area contributed by atoms with Gasteiger partial charge in [-0.1, -0.05) is 13.8 Å². The smallest absolute Gasteiger partial charge is 0.252 e. The number of nitrogens with one attached hydrogen (secondary N) is 1. The summed E-state index contributed by atoms with van der Waals surface area (Å²) in [5.41, 5.74) is 0.204. The molecule has 4 nitrogen and oxygen atoms in total. The normalized spacial score (nSPS) is 11.2. The molecule has 0 aliphatic heterocycles. The number of aliphatic hydroxyl groups excluding tert-OH is 1. The van der Waals surface area contributed by atoms with Crippen molar-refractivity contribution in [2.75, 3.05) is 13.2 Å². The van der Waals surface area contributed by atoms with E-state index in [2.05, 4.69) is 26.2 Å². The van der Waals surface area contributed by atoms with Crippen molar-refractivity contribution in [2.24, 2.45) is 5.41 Å². The molecular formula is C11H15BrN2O2. The van der Waals surface area contributed by atoms with Gasteiger partial charge in [0.2, 0.25) is 0 Å². The Hall–Kier alpha value is -0.940. The van der Waals surface area contributed by atoms with Crippen molar-refractivity contribution in [3.8, 4) is 0 Å². The molecule has 1 rings (SSSR count). The molecule has 2 N–H and O–H groups in total. The number of rotatable bonds is 4. The zero-order valence-electron chi connectivity index (χ0n) is 9.33. The van der Waals surface area contributed by atoms with Crippen molar-refractivity contribution < 1.29 is 9.90 Å². The Labute approximate surface area is 103 Å². The number of carbonyl (C=O) groups excluding carboxylic acids is 1. The molecule has 5 heteroatoms. The summed E-state index contributed by atoms with van der Waals surface area (Å²) in [6.45, 7) is 4.23. The summed E-state index contributed by atoms with van der Waals surface area (Å²) >= 11 is 3.20. The number of aromatic nitrogens is 1. The molecular weight excluding hydrogens is 272 g/mol. The molecule has 0 saturated carbocycles. The first kappa shape index (κ1) is 13.1. The molecule has 1 heterocycles. The van der Waals surface area contributed by atoms with Gasteiger partial charge in [-0.15, -0.1) is 0 Å². The van der Waals surface area contributed by atoms with Gasteiger partial charge in [-0.3, -0.25) is 4.79 Å². The highest BCUT2D eigenvalue weighted by atomic mass is 79.9. The number of amides is 1. The maximum Gasteiger partial charge on any atom is 0.252 e. The number of pyridine rings is 1. The first-order valence-corrected chi connectivity index (χ1v) is 5.74. The van der Waals surface area contributed by atoms with Gasteiger partial charge in [-0.05, 0) is 28.1 Å². The number of hydrogen-bond acceptors (Lipinski definition) is 3. The molecule has 1 amide bonds. The molecule has 0 saturated heterocycles. The zero-order chi connectivity index (χ0) is 12.2. The molecule has 1 aromatic rings. The van der Waals surface area contributed by atoms with Gasteiger partial charge < -0.3 is 10.4 Å². The lowest BCUT2D eigenvalue weighted by molar-refractivity contribution is 0.0910. The van der Waals surface area contributed by atoms with Gasteiger partial charge in [0.15, 0.2) is 0 Å². The Morgan fingerprint density at radius 2 is 2.25 bits per heavy atom. The average molecular weight is 287 g/mol. The fourth-order valence-corrected chi connectivity index (χ4v) is 1.22. The van der Waals surface area contributed by atoms with E-state index >= 15 is 0 Å². The van der Waals surface area contributed by atoms with E-state index < -0.39 is 0 Å². The summed E-state index contributed by atoms with van der Waals surface area (Å²) in [6.07, 6.45) is 1.51. The van der Waals surface area contributed by atoms with Crippen molar-refractivity contribution in [3.05, 3.63) is 28.5 Å². The van der Waals surface area contributed by atoms with Crippen LogP contribution in [0.15, 0.2) is 22.9 Å². The lowest BCUT2D eigenvalue weighted by Crippen LogP contribution is -2.36. The van der Waals surface area contributed by atoms with Crippen LogP contribution in [0.1, 0.15) is 24.2 Å². The summed E-state index contributed by atoms with van der Waals surface area (Å²) in [4.78, 5) is 15.6. The van der Waals surface area contributed by atoms with E-state index in [0.717, 1.165) is 0 Å². The van der Waals surface area contributed by atoms with Crippen molar-refractivity contribution in [3.63, 3.8) is 0 Å². The molecule has 0 aromatic carbocycles. The SMILES string of the molecule is CC(C)(CO)CNC(=O)c1ccc(Br)nc1. The molecule has 0 radical (unpaired) electrons. The zero-order valence-corrected chi connectivity index (χ0v) is 10.9. The van der Waals surface area contributed by atoms with Crippen LogP contribution in [0.4, 0.5) is 0 Å². The third kappa shape index (κ3) is 3.90. The molecule has 0 atom stereocenters. The van der Waals surface area contributed by atoms with Crippen LogP contribution in [-0.4, -0.2) is 29.1 Å². The maximum absolute atomic E-state index is 11.7. The molecule has 1 aromatic heterocycles. The second-order valence-corrected chi connectivity index (χ2v) is 5.19. The van der Waals surface area contributed by atoms with Crippen molar-refractivity contribution in [1.82, 2.24) is 10.3 Å². The van der Waals surface area contributed by atoms with Gasteiger partial charge >= 0.3 is 0 Å². The molecule has 0 aliphatic carbocycles. The minimum atomic E-state index is -0.307. The minimum Gasteiger partial charge on any atom is -0.396 e. The van der Waals surface area contributed by atoms with Crippen LogP contribution in [0, 0.1) is 5.41 Å². The predicted molar refractivity (Wildman–Crippen MR) is 65.1 cm³/mol. The van der Waals surface area contributed by atoms with E-state index in [-0.39, 0.29) is 17.9 Å². The highest BCUT2D eigenvalue weighted by molar-refractivity contribution is 9.10. The number of nitrogens with zero attached hydrogens (tertiary/aromatic N) is 1. The van der Waals surface area contributed by atoms with Crippen LogP contribution in [0.25, 0.3) is 0 Å². The van der Waals surface area contributed by atoms with Crippen LogP contribution in [0.2, 0.25) is 0 Å². The number of aliphatic hydroxyl groups is 1. The summed E-state index contributed by atoms with van der Waals surface area (Å²) in [7, 11) is 0. The first-order chi connectivity index (χ1) is 7.44. The Balaban J connectivity index is 2.56. The quantitative estimate of drug-likeness (QED) is 0.827. The van der Waals surface area contributed by atoms with E-state index in [1.807, 2.05) is 13.8 Å². The van der Waals surface area contributed by atoms with E-state index in [0.29, 0.717) is 16.7 Å². The van der Waals surface area contributed by atoms with Crippen LogP contribution in [0.5, 0.6) is 0 Å². The number of hydrogen-bond donors (Lipinski definition) is 2. The van der Waals surface area contributed by atoms with Crippen molar-refractivity contribution >= 4 is 21.8 Å². The van der Waals surface area contributed by atoms with E-state index in [9.17, 15) is 4.79 Å². The maximum atomic E-state index is 11.7. The fourth-order valence-electron chi connectivity index (χ4n) is 0.988. The van der Waals surface area contributed by atoms with Crippen LogP contribution < -0.4 is 5.32 Å². The average Bonchev–Trinajstić information content (AvgIpc) is 2.27. The summed E-state index contributed by atoms with van der Waals surface area (Å²) in [5, 5.41) is 11.8. The largest absolute Gasteiger partial charge is 0.396 e. The van der Waals surface area contributed by atoms with Gasteiger partial charge in [0, 0.05) is 24.8 Å². The molecule has 0 fully saturated rings. The van der Waals surface area contributed by atoms with Crippen LogP contribution in [0.3, 0.4) is 0 Å². The van der Waals surface area contributed by atoms with Gasteiger partial charge in [0.05, 0.1) is 5.56 Å². The first-order valence-electron chi connectivity index (χ1n) is 4.95. The molecule has 16 heavy (non-hydrogen) atoms. The van der Waals surface area contributed by atoms with Crippen molar-refractivity contribution in [2.45, 2.75) is 13.8 Å². The van der Waals surface area contributed by atoms with E-state index in [1.54, 1.807) is 12.1 Å². The molecule has 0 spiro atoms. The third-order valence-corrected chi connectivity index (χ3v) is 2.61. The van der Waals surface area contributed by atoms with E-state index in [4.69, 9.17) is 5.11 Å². The molecule has 0 unspecified atom stereocenters. The van der Waals surface area contributed by atoms with Gasteiger partial charge in [0.25, 0.3) is 5.91 Å². The van der Waals surface area contributed by atoms with Gasteiger partial charge in [-0.25, -0.2) is 4.98 Å². The number of carbonyl (C=O) groups is 1. The van der Waals surface area contributed by atoms with Crippen molar-refractivity contribution in [1.29, 1.82) is 0 Å². The Bertz CT molecular complexity index is 363. The topological polar surface area (TPSA) is 62.2 Å². The standard InChI is InChI=1S/C11H15BrN2O2/c1-11(2,7-15)6-14-10(16)8-3-4-9(12)13-5-8/h3-5,15H,6-7H2,1-2H3,(H,14,16). The Morgan fingerprint density at radius 3 is 2.75 bits per heavy atom. The Kier molecular flexibility index (Phi) is 4.44. The second kappa shape index (κ2) is 5.41. The molecule has 0 bridgehead atoms. The highest BCUT2D eigenvalue weighted by Gasteiger charge is 2.17. The lowest BCUT2D eigenvalue weighted by Gasteiger charge is -2.21. The highest BCUT2D eigenvalue weighted by Crippen LogP contribution is 2.12. The molecule has 88 valence electrons. The number of halogens is 1. The fraction of sp³-hybridized carbons (Fsp3) is 0.455. The summed E-state index contributed by atoms with van der Waals surface area (Å²) in [5.74, 6) is -0.179. The molecule has 0 aliphatic rings.